The molecular formula is C12H11FN2O3. The van der Waals surface area contributed by atoms with E-state index in [2.05, 4.69) is 10.5 Å². The van der Waals surface area contributed by atoms with Crippen LogP contribution in [0.25, 0.3) is 0 Å². The molecule has 0 radical (unpaired) electrons. The maximum absolute atomic E-state index is 12.8. The monoisotopic (exact) mass is 250 g/mol. The lowest BCUT2D eigenvalue weighted by atomic mass is 10.2. The molecule has 0 aliphatic heterocycles. The third kappa shape index (κ3) is 2.17. The molecule has 0 saturated heterocycles. The minimum atomic E-state index is -0.615. The molecule has 2 aromatic rings. The normalized spacial score (nSPS) is 10.4. The van der Waals surface area contributed by atoms with Gasteiger partial charge in [-0.2, -0.15) is 0 Å². The van der Waals surface area contributed by atoms with Crippen molar-refractivity contribution < 1.29 is 18.8 Å². The number of aromatic nitrogens is 1. The van der Waals surface area contributed by atoms with Crippen LogP contribution in [-0.4, -0.2) is 16.2 Å². The van der Waals surface area contributed by atoms with Crippen molar-refractivity contribution in [2.45, 2.75) is 13.8 Å². The SMILES string of the molecule is Cc1noc(NC(=O)c2ccc(F)cc2O)c1C. The highest BCUT2D eigenvalue weighted by molar-refractivity contribution is 6.05. The number of aromatic hydroxyl groups is 1. The Hall–Kier alpha value is -2.37. The molecule has 2 N–H and O–H groups in total. The van der Waals surface area contributed by atoms with Gasteiger partial charge in [-0.3, -0.25) is 10.1 Å². The summed E-state index contributed by atoms with van der Waals surface area (Å²) < 4.78 is 17.7. The summed E-state index contributed by atoms with van der Waals surface area (Å²) in [5.41, 5.74) is 1.32. The van der Waals surface area contributed by atoms with Gasteiger partial charge in [0.25, 0.3) is 5.91 Å². The topological polar surface area (TPSA) is 75.4 Å². The van der Waals surface area contributed by atoms with Crippen LogP contribution >= 0.6 is 0 Å². The zero-order valence-corrected chi connectivity index (χ0v) is 9.82. The van der Waals surface area contributed by atoms with E-state index in [9.17, 15) is 14.3 Å². The molecule has 0 spiro atoms. The van der Waals surface area contributed by atoms with Crippen LogP contribution in [-0.2, 0) is 0 Å². The second kappa shape index (κ2) is 4.48. The fraction of sp³-hybridized carbons (Fsp3) is 0.167. The average molecular weight is 250 g/mol. The van der Waals surface area contributed by atoms with E-state index in [1.807, 2.05) is 0 Å². The summed E-state index contributed by atoms with van der Waals surface area (Å²) in [6, 6.07) is 3.15. The average Bonchev–Trinajstić information content (AvgIpc) is 2.61. The van der Waals surface area contributed by atoms with Crippen molar-refractivity contribution in [2.24, 2.45) is 0 Å². The maximum Gasteiger partial charge on any atom is 0.261 e. The number of carbonyl (C=O) groups excluding carboxylic acids is 1. The zero-order chi connectivity index (χ0) is 13.3. The second-order valence-corrected chi connectivity index (χ2v) is 3.84. The van der Waals surface area contributed by atoms with Gasteiger partial charge in [-0.05, 0) is 26.0 Å². The van der Waals surface area contributed by atoms with Gasteiger partial charge in [-0.15, -0.1) is 0 Å². The quantitative estimate of drug-likeness (QED) is 0.858. The summed E-state index contributed by atoms with van der Waals surface area (Å²) in [6.45, 7) is 3.48. The van der Waals surface area contributed by atoms with Crippen LogP contribution in [0.4, 0.5) is 10.3 Å². The first kappa shape index (κ1) is 12.1. The molecule has 94 valence electrons. The lowest BCUT2D eigenvalue weighted by Crippen LogP contribution is -2.12. The molecule has 1 amide bonds. The highest BCUT2D eigenvalue weighted by Gasteiger charge is 2.16. The van der Waals surface area contributed by atoms with Crippen molar-refractivity contribution in [1.82, 2.24) is 5.16 Å². The Morgan fingerprint density at radius 2 is 2.17 bits per heavy atom. The number of hydrogen-bond acceptors (Lipinski definition) is 4. The summed E-state index contributed by atoms with van der Waals surface area (Å²) in [6.07, 6.45) is 0. The molecule has 2 rings (SSSR count). The van der Waals surface area contributed by atoms with Crippen molar-refractivity contribution in [3.05, 3.63) is 40.8 Å². The van der Waals surface area contributed by atoms with Gasteiger partial charge in [-0.1, -0.05) is 5.16 Å². The van der Waals surface area contributed by atoms with Crippen LogP contribution in [0.3, 0.4) is 0 Å². The van der Waals surface area contributed by atoms with Crippen molar-refractivity contribution in [2.75, 3.05) is 5.32 Å². The fourth-order valence-electron chi connectivity index (χ4n) is 1.40. The molecule has 1 aromatic carbocycles. The smallest absolute Gasteiger partial charge is 0.261 e. The van der Waals surface area contributed by atoms with Crippen molar-refractivity contribution in [3.8, 4) is 5.75 Å². The number of amides is 1. The van der Waals surface area contributed by atoms with Gasteiger partial charge >= 0.3 is 0 Å². The number of nitrogens with one attached hydrogen (secondary N) is 1. The molecule has 0 aliphatic rings. The fourth-order valence-corrected chi connectivity index (χ4v) is 1.40. The zero-order valence-electron chi connectivity index (χ0n) is 9.82. The Morgan fingerprint density at radius 1 is 1.44 bits per heavy atom. The standard InChI is InChI=1S/C12H11FN2O3/c1-6-7(2)15-18-12(6)14-11(17)9-4-3-8(13)5-10(9)16/h3-5,16H,1-2H3,(H,14,17). The van der Waals surface area contributed by atoms with Crippen LogP contribution in [0.2, 0.25) is 0 Å². The van der Waals surface area contributed by atoms with Gasteiger partial charge in [0, 0.05) is 11.6 Å². The number of anilines is 1. The molecule has 0 bridgehead atoms. The van der Waals surface area contributed by atoms with Gasteiger partial charge in [0.15, 0.2) is 0 Å². The highest BCUT2D eigenvalue weighted by Crippen LogP contribution is 2.22. The third-order valence-electron chi connectivity index (χ3n) is 2.59. The lowest BCUT2D eigenvalue weighted by Gasteiger charge is -2.04. The Balaban J connectivity index is 2.25. The molecule has 1 heterocycles. The van der Waals surface area contributed by atoms with E-state index in [4.69, 9.17) is 4.52 Å². The van der Waals surface area contributed by atoms with Crippen molar-refractivity contribution >= 4 is 11.8 Å². The van der Waals surface area contributed by atoms with Crippen LogP contribution in [0.5, 0.6) is 5.75 Å². The molecular weight excluding hydrogens is 239 g/mol. The molecule has 1 aromatic heterocycles. The van der Waals surface area contributed by atoms with Gasteiger partial charge in [0.05, 0.1) is 11.3 Å². The van der Waals surface area contributed by atoms with E-state index in [1.54, 1.807) is 13.8 Å². The molecule has 0 unspecified atom stereocenters. The van der Waals surface area contributed by atoms with E-state index in [-0.39, 0.29) is 11.4 Å². The molecule has 0 saturated carbocycles. The number of nitrogens with zero attached hydrogens (tertiary/aromatic N) is 1. The summed E-state index contributed by atoms with van der Waals surface area (Å²) >= 11 is 0. The van der Waals surface area contributed by atoms with Crippen LogP contribution in [0.15, 0.2) is 22.7 Å². The number of benzene rings is 1. The number of aryl methyl sites for hydroxylation is 1. The minimum Gasteiger partial charge on any atom is -0.507 e. The Morgan fingerprint density at radius 3 is 2.72 bits per heavy atom. The predicted octanol–water partition coefficient (Wildman–Crippen LogP) is 2.39. The number of hydrogen-bond donors (Lipinski definition) is 2. The Labute approximate surface area is 102 Å². The first-order valence-corrected chi connectivity index (χ1v) is 5.22. The number of carbonyl (C=O) groups is 1. The van der Waals surface area contributed by atoms with Crippen LogP contribution in [0, 0.1) is 19.7 Å². The number of phenolic OH excluding ortho intramolecular Hbond substituents is 1. The van der Waals surface area contributed by atoms with Gasteiger partial charge in [-0.25, -0.2) is 4.39 Å². The van der Waals surface area contributed by atoms with Crippen molar-refractivity contribution in [3.63, 3.8) is 0 Å². The largest absolute Gasteiger partial charge is 0.507 e. The van der Waals surface area contributed by atoms with Gasteiger partial charge in [0.1, 0.15) is 11.6 Å². The first-order chi connectivity index (χ1) is 8.49. The number of rotatable bonds is 2. The van der Waals surface area contributed by atoms with E-state index < -0.39 is 17.5 Å². The molecule has 0 atom stereocenters. The minimum absolute atomic E-state index is 0.0372. The lowest BCUT2D eigenvalue weighted by molar-refractivity contribution is 0.102. The molecule has 18 heavy (non-hydrogen) atoms. The summed E-state index contributed by atoms with van der Waals surface area (Å²) in [7, 11) is 0. The number of halogens is 1. The molecule has 5 nitrogen and oxygen atoms in total. The predicted molar refractivity (Wildman–Crippen MR) is 62.0 cm³/mol. The van der Waals surface area contributed by atoms with Crippen LogP contribution < -0.4 is 5.32 Å². The Bertz CT molecular complexity index is 607. The molecule has 6 heteroatoms. The summed E-state index contributed by atoms with van der Waals surface area (Å²) in [5.74, 6) is -1.43. The highest BCUT2D eigenvalue weighted by atomic mass is 19.1. The van der Waals surface area contributed by atoms with Gasteiger partial charge < -0.3 is 9.63 Å². The maximum atomic E-state index is 12.8. The summed E-state index contributed by atoms with van der Waals surface area (Å²) in [4.78, 5) is 11.8. The molecule has 0 aliphatic carbocycles. The van der Waals surface area contributed by atoms with E-state index in [1.165, 1.54) is 6.07 Å². The van der Waals surface area contributed by atoms with E-state index in [0.29, 0.717) is 11.3 Å². The summed E-state index contributed by atoms with van der Waals surface area (Å²) in [5, 5.41) is 15.6. The van der Waals surface area contributed by atoms with Crippen molar-refractivity contribution in [1.29, 1.82) is 0 Å². The Kier molecular flexibility index (Phi) is 3.01. The van der Waals surface area contributed by atoms with Crippen LogP contribution in [0.1, 0.15) is 21.6 Å². The van der Waals surface area contributed by atoms with E-state index in [0.717, 1.165) is 12.1 Å². The first-order valence-electron chi connectivity index (χ1n) is 5.22. The number of phenols is 1. The second-order valence-electron chi connectivity index (χ2n) is 3.84. The third-order valence-corrected chi connectivity index (χ3v) is 2.59. The van der Waals surface area contributed by atoms with Gasteiger partial charge in [0.2, 0.25) is 5.88 Å². The van der Waals surface area contributed by atoms with E-state index >= 15 is 0 Å². The molecule has 0 fully saturated rings.